The van der Waals surface area contributed by atoms with Crippen LogP contribution in [0.3, 0.4) is 0 Å². The first-order chi connectivity index (χ1) is 10.5. The molecule has 9 heteroatoms. The van der Waals surface area contributed by atoms with Gasteiger partial charge in [0.25, 0.3) is 0 Å². The van der Waals surface area contributed by atoms with Crippen LogP contribution in [0.15, 0.2) is 6.20 Å². The third-order valence-electron chi connectivity index (χ3n) is 2.89. The lowest BCUT2D eigenvalue weighted by molar-refractivity contribution is -0.117. The molecule has 0 saturated heterocycles. The van der Waals surface area contributed by atoms with Crippen molar-refractivity contribution in [2.75, 3.05) is 29.3 Å². The molecule has 1 aliphatic heterocycles. The van der Waals surface area contributed by atoms with Crippen molar-refractivity contribution in [2.24, 2.45) is 0 Å². The molecule has 0 spiro atoms. The van der Waals surface area contributed by atoms with Crippen LogP contribution in [0.2, 0.25) is 0 Å². The SMILES string of the molecule is COc1ncc2c(n1)N(C(=O)OC(C)C)C(CSC)C(=O)N2. The zero-order valence-corrected chi connectivity index (χ0v) is 13.6. The molecule has 8 nitrogen and oxygen atoms in total. The number of aromatic nitrogens is 2. The standard InChI is InChI=1S/C13H18N4O4S/c1-7(2)21-13(19)17-9(6-22-4)11(18)15-8-5-14-12(20-3)16-10(8)17/h5,7,9H,6H2,1-4H3,(H,15,18). The Morgan fingerprint density at radius 3 is 2.86 bits per heavy atom. The number of anilines is 2. The summed E-state index contributed by atoms with van der Waals surface area (Å²) in [4.78, 5) is 34.0. The second-order valence-corrected chi connectivity index (χ2v) is 5.77. The van der Waals surface area contributed by atoms with E-state index in [0.29, 0.717) is 11.4 Å². The number of hydrogen-bond donors (Lipinski definition) is 1. The topological polar surface area (TPSA) is 93.7 Å². The molecule has 1 aliphatic rings. The molecule has 0 radical (unpaired) electrons. The highest BCUT2D eigenvalue weighted by atomic mass is 32.2. The molecule has 1 N–H and O–H groups in total. The Balaban J connectivity index is 2.47. The van der Waals surface area contributed by atoms with Gasteiger partial charge in [0.1, 0.15) is 11.7 Å². The Kier molecular flexibility index (Phi) is 5.07. The maximum atomic E-state index is 12.4. The number of nitrogens with zero attached hydrogens (tertiary/aromatic N) is 3. The van der Waals surface area contributed by atoms with Gasteiger partial charge in [0.15, 0.2) is 5.82 Å². The van der Waals surface area contributed by atoms with Gasteiger partial charge in [-0.2, -0.15) is 16.7 Å². The number of amides is 2. The molecule has 0 saturated carbocycles. The molecule has 0 fully saturated rings. The molecule has 1 aromatic rings. The molecule has 2 rings (SSSR count). The summed E-state index contributed by atoms with van der Waals surface area (Å²) < 4.78 is 10.2. The number of carbonyl (C=O) groups excluding carboxylic acids is 2. The maximum absolute atomic E-state index is 12.4. The molecule has 0 bridgehead atoms. The third kappa shape index (κ3) is 3.24. The highest BCUT2D eigenvalue weighted by molar-refractivity contribution is 7.98. The molecule has 1 aromatic heterocycles. The molecule has 0 aromatic carbocycles. The predicted octanol–water partition coefficient (Wildman–Crippen LogP) is 1.52. The van der Waals surface area contributed by atoms with E-state index in [9.17, 15) is 9.59 Å². The molecule has 22 heavy (non-hydrogen) atoms. The van der Waals surface area contributed by atoms with Gasteiger partial charge in [0.05, 0.1) is 19.4 Å². The number of rotatable bonds is 4. The number of thioether (sulfide) groups is 1. The van der Waals surface area contributed by atoms with Crippen LogP contribution in [0.4, 0.5) is 16.3 Å². The number of ether oxygens (including phenoxy) is 2. The Bertz CT molecular complexity index is 581. The van der Waals surface area contributed by atoms with Gasteiger partial charge >= 0.3 is 12.1 Å². The van der Waals surface area contributed by atoms with Gasteiger partial charge in [-0.15, -0.1) is 0 Å². The van der Waals surface area contributed by atoms with E-state index in [2.05, 4.69) is 15.3 Å². The number of carbonyl (C=O) groups is 2. The largest absolute Gasteiger partial charge is 0.467 e. The summed E-state index contributed by atoms with van der Waals surface area (Å²) >= 11 is 1.45. The second kappa shape index (κ2) is 6.82. The Labute approximate surface area is 132 Å². The Hall–Kier alpha value is -2.03. The van der Waals surface area contributed by atoms with E-state index in [1.807, 2.05) is 6.26 Å². The number of nitrogens with one attached hydrogen (secondary N) is 1. The van der Waals surface area contributed by atoms with E-state index in [1.54, 1.807) is 13.8 Å². The van der Waals surface area contributed by atoms with Crippen LogP contribution < -0.4 is 15.0 Å². The minimum atomic E-state index is -0.701. The summed E-state index contributed by atoms with van der Waals surface area (Å²) in [5.74, 6) is 0.401. The third-order valence-corrected chi connectivity index (χ3v) is 3.54. The minimum Gasteiger partial charge on any atom is -0.467 e. The zero-order chi connectivity index (χ0) is 16.3. The lowest BCUT2D eigenvalue weighted by Gasteiger charge is -2.34. The van der Waals surface area contributed by atoms with Crippen molar-refractivity contribution in [1.29, 1.82) is 0 Å². The summed E-state index contributed by atoms with van der Waals surface area (Å²) in [5, 5.41) is 2.70. The van der Waals surface area contributed by atoms with Gasteiger partial charge < -0.3 is 14.8 Å². The average molecular weight is 326 g/mol. The Morgan fingerprint density at radius 1 is 1.55 bits per heavy atom. The molecule has 2 heterocycles. The first-order valence-electron chi connectivity index (χ1n) is 6.68. The van der Waals surface area contributed by atoms with E-state index in [4.69, 9.17) is 9.47 Å². The highest BCUT2D eigenvalue weighted by Gasteiger charge is 2.39. The van der Waals surface area contributed by atoms with Crippen molar-refractivity contribution >= 4 is 35.3 Å². The van der Waals surface area contributed by atoms with Crippen molar-refractivity contribution < 1.29 is 19.1 Å². The van der Waals surface area contributed by atoms with Gasteiger partial charge in [0.2, 0.25) is 5.91 Å². The van der Waals surface area contributed by atoms with Gasteiger partial charge in [-0.1, -0.05) is 0 Å². The zero-order valence-electron chi connectivity index (χ0n) is 12.8. The van der Waals surface area contributed by atoms with E-state index in [0.717, 1.165) is 0 Å². The highest BCUT2D eigenvalue weighted by Crippen LogP contribution is 2.32. The van der Waals surface area contributed by atoms with Crippen LogP contribution in [0.25, 0.3) is 0 Å². The normalized spacial score (nSPS) is 17.0. The lowest BCUT2D eigenvalue weighted by atomic mass is 10.2. The molecule has 1 atom stereocenters. The van der Waals surface area contributed by atoms with Crippen molar-refractivity contribution in [3.8, 4) is 6.01 Å². The first-order valence-corrected chi connectivity index (χ1v) is 8.08. The smallest absolute Gasteiger partial charge is 0.416 e. The van der Waals surface area contributed by atoms with Crippen LogP contribution in [-0.2, 0) is 9.53 Å². The van der Waals surface area contributed by atoms with E-state index >= 15 is 0 Å². The number of methoxy groups -OCH3 is 1. The predicted molar refractivity (Wildman–Crippen MR) is 83.5 cm³/mol. The quantitative estimate of drug-likeness (QED) is 0.896. The molecular formula is C13H18N4O4S. The molecular weight excluding hydrogens is 308 g/mol. The fraction of sp³-hybridized carbons (Fsp3) is 0.538. The van der Waals surface area contributed by atoms with Crippen LogP contribution >= 0.6 is 11.8 Å². The summed E-state index contributed by atoms with van der Waals surface area (Å²) in [6.45, 7) is 3.49. The van der Waals surface area contributed by atoms with E-state index < -0.39 is 12.1 Å². The fourth-order valence-electron chi connectivity index (χ4n) is 1.99. The fourth-order valence-corrected chi connectivity index (χ4v) is 2.60. The second-order valence-electron chi connectivity index (χ2n) is 4.86. The minimum absolute atomic E-state index is 0.111. The van der Waals surface area contributed by atoms with Gasteiger partial charge in [-0.25, -0.2) is 14.7 Å². The number of hydrogen-bond acceptors (Lipinski definition) is 7. The molecule has 2 amide bonds. The lowest BCUT2D eigenvalue weighted by Crippen LogP contribution is -2.53. The summed E-state index contributed by atoms with van der Waals surface area (Å²) in [6.07, 6.45) is 2.34. The maximum Gasteiger partial charge on any atom is 0.416 e. The molecule has 1 unspecified atom stereocenters. The Morgan fingerprint density at radius 2 is 2.27 bits per heavy atom. The van der Waals surface area contributed by atoms with Crippen LogP contribution in [0, 0.1) is 0 Å². The molecule has 120 valence electrons. The van der Waals surface area contributed by atoms with E-state index in [1.165, 1.54) is 30.0 Å². The summed E-state index contributed by atoms with van der Waals surface area (Å²) in [5.41, 5.74) is 0.351. The first kappa shape index (κ1) is 16.3. The number of fused-ring (bicyclic) bond motifs is 1. The van der Waals surface area contributed by atoms with Crippen LogP contribution in [0.5, 0.6) is 6.01 Å². The van der Waals surface area contributed by atoms with E-state index in [-0.39, 0.29) is 23.8 Å². The van der Waals surface area contributed by atoms with Gasteiger partial charge in [-0.3, -0.25) is 4.79 Å². The van der Waals surface area contributed by atoms with Gasteiger partial charge in [-0.05, 0) is 20.1 Å². The summed E-state index contributed by atoms with van der Waals surface area (Å²) in [6, 6.07) is -0.589. The van der Waals surface area contributed by atoms with Gasteiger partial charge in [0, 0.05) is 5.75 Å². The summed E-state index contributed by atoms with van der Waals surface area (Å²) in [7, 11) is 1.43. The monoisotopic (exact) mass is 326 g/mol. The van der Waals surface area contributed by atoms with Crippen molar-refractivity contribution in [3.63, 3.8) is 0 Å². The molecule has 0 aliphatic carbocycles. The average Bonchev–Trinajstić information content (AvgIpc) is 2.46. The van der Waals surface area contributed by atoms with Crippen molar-refractivity contribution in [3.05, 3.63) is 6.20 Å². The van der Waals surface area contributed by atoms with Crippen molar-refractivity contribution in [1.82, 2.24) is 9.97 Å². The van der Waals surface area contributed by atoms with Crippen molar-refractivity contribution in [2.45, 2.75) is 26.0 Å². The van der Waals surface area contributed by atoms with Crippen LogP contribution in [-0.4, -0.2) is 53.2 Å². The van der Waals surface area contributed by atoms with Crippen LogP contribution in [0.1, 0.15) is 13.8 Å².